The molecule has 0 bridgehead atoms. The summed E-state index contributed by atoms with van der Waals surface area (Å²) < 4.78 is 34.9. The number of nitrogens with two attached hydrogens (primary N) is 1. The van der Waals surface area contributed by atoms with Crippen LogP contribution in [0.1, 0.15) is 37.7 Å². The van der Waals surface area contributed by atoms with E-state index in [9.17, 15) is 8.42 Å². The molecule has 1 aromatic carbocycles. The van der Waals surface area contributed by atoms with Gasteiger partial charge in [-0.25, -0.2) is 13.6 Å². The van der Waals surface area contributed by atoms with Crippen molar-refractivity contribution in [3.05, 3.63) is 29.8 Å². The number of sulfonamides is 1. The van der Waals surface area contributed by atoms with Crippen molar-refractivity contribution in [2.24, 2.45) is 10.1 Å². The summed E-state index contributed by atoms with van der Waals surface area (Å²) in [6, 6.07) is 6.64. The number of hydrogen-bond donors (Lipinski definition) is 2. The summed E-state index contributed by atoms with van der Waals surface area (Å²) in [5.41, 5.74) is 0.836. The van der Waals surface area contributed by atoms with Gasteiger partial charge >= 0.3 is 0 Å². The maximum atomic E-state index is 11.5. The summed E-state index contributed by atoms with van der Waals surface area (Å²) in [5, 5.41) is 8.52. The Labute approximate surface area is 196 Å². The number of halogens is 1. The van der Waals surface area contributed by atoms with Gasteiger partial charge in [0.25, 0.3) is 0 Å². The molecule has 170 valence electrons. The van der Waals surface area contributed by atoms with E-state index in [1.165, 1.54) is 12.5 Å². The highest BCUT2D eigenvalue weighted by atomic mass is 127. The van der Waals surface area contributed by atoms with Crippen LogP contribution in [-0.4, -0.2) is 64.8 Å². The van der Waals surface area contributed by atoms with E-state index in [4.69, 9.17) is 14.6 Å². The van der Waals surface area contributed by atoms with E-state index in [0.29, 0.717) is 13.2 Å². The quantitative estimate of drug-likeness (QED) is 0.318. The molecule has 2 aliphatic rings. The summed E-state index contributed by atoms with van der Waals surface area (Å²) in [4.78, 5) is 6.70. The minimum atomic E-state index is -3.70. The van der Waals surface area contributed by atoms with Gasteiger partial charge in [-0.15, -0.1) is 24.0 Å². The van der Waals surface area contributed by atoms with Crippen LogP contribution in [0.15, 0.2) is 34.2 Å². The van der Waals surface area contributed by atoms with E-state index in [-0.39, 0.29) is 41.1 Å². The molecule has 8 nitrogen and oxygen atoms in total. The smallest absolute Gasteiger partial charge is 0.238 e. The second kappa shape index (κ2) is 12.2. The number of guanidine groups is 1. The zero-order valence-electron chi connectivity index (χ0n) is 17.5. The average Bonchev–Trinajstić information content (AvgIpc) is 2.74. The Hall–Kier alpha value is -0.950. The first-order valence-corrected chi connectivity index (χ1v) is 11.8. The molecule has 0 aromatic heterocycles. The summed E-state index contributed by atoms with van der Waals surface area (Å²) in [6.45, 7) is 3.76. The number of piperidine rings is 1. The maximum Gasteiger partial charge on any atom is 0.238 e. The zero-order valence-corrected chi connectivity index (χ0v) is 20.6. The van der Waals surface area contributed by atoms with Gasteiger partial charge in [0.15, 0.2) is 5.96 Å². The van der Waals surface area contributed by atoms with Gasteiger partial charge in [-0.2, -0.15) is 0 Å². The van der Waals surface area contributed by atoms with E-state index in [1.807, 2.05) is 6.07 Å². The van der Waals surface area contributed by atoms with Gasteiger partial charge in [0.1, 0.15) is 0 Å². The topological polar surface area (TPSA) is 106 Å². The molecule has 0 radical (unpaired) electrons. The molecule has 1 atom stereocenters. The van der Waals surface area contributed by atoms with Crippen molar-refractivity contribution in [3.8, 4) is 0 Å². The minimum Gasteiger partial charge on any atom is -0.376 e. The second-order valence-electron chi connectivity index (χ2n) is 7.60. The lowest BCUT2D eigenvalue weighted by Crippen LogP contribution is -2.47. The van der Waals surface area contributed by atoms with Crippen LogP contribution in [0.3, 0.4) is 0 Å². The molecular weight excluding hydrogens is 519 g/mol. The lowest BCUT2D eigenvalue weighted by atomic mass is 10.1. The van der Waals surface area contributed by atoms with E-state index < -0.39 is 10.0 Å². The highest BCUT2D eigenvalue weighted by Crippen LogP contribution is 2.18. The molecule has 0 saturated carbocycles. The van der Waals surface area contributed by atoms with Gasteiger partial charge in [-0.1, -0.05) is 12.1 Å². The first-order valence-electron chi connectivity index (χ1n) is 10.3. The van der Waals surface area contributed by atoms with Gasteiger partial charge in [-0.05, 0) is 49.8 Å². The van der Waals surface area contributed by atoms with Gasteiger partial charge < -0.3 is 19.7 Å². The fraction of sp³-hybridized carbons (Fsp3) is 0.650. The summed E-state index contributed by atoms with van der Waals surface area (Å²) in [5.74, 6) is 0.806. The molecule has 1 aromatic rings. The molecular formula is C20H33IN4O4S. The van der Waals surface area contributed by atoms with Crippen LogP contribution in [0.25, 0.3) is 0 Å². The molecule has 2 heterocycles. The largest absolute Gasteiger partial charge is 0.376 e. The Kier molecular flexibility index (Phi) is 10.3. The number of aliphatic imine (C=N–C) groups is 1. The molecule has 30 heavy (non-hydrogen) atoms. The summed E-state index contributed by atoms with van der Waals surface area (Å²) in [7, 11) is -1.95. The third-order valence-electron chi connectivity index (χ3n) is 5.42. The van der Waals surface area contributed by atoms with Crippen molar-refractivity contribution < 1.29 is 17.9 Å². The van der Waals surface area contributed by atoms with Crippen LogP contribution in [0.4, 0.5) is 0 Å². The first kappa shape index (κ1) is 25.3. The van der Waals surface area contributed by atoms with Crippen molar-refractivity contribution in [2.75, 3.05) is 33.4 Å². The van der Waals surface area contributed by atoms with Crippen LogP contribution < -0.4 is 10.5 Å². The maximum absolute atomic E-state index is 11.5. The Morgan fingerprint density at radius 1 is 1.30 bits per heavy atom. The lowest BCUT2D eigenvalue weighted by molar-refractivity contribution is -0.0721. The molecule has 2 fully saturated rings. The number of nitrogens with one attached hydrogen (secondary N) is 1. The Bertz CT molecular complexity index is 792. The number of benzene rings is 1. The van der Waals surface area contributed by atoms with Crippen molar-refractivity contribution in [2.45, 2.75) is 55.8 Å². The highest BCUT2D eigenvalue weighted by Gasteiger charge is 2.23. The van der Waals surface area contributed by atoms with E-state index in [2.05, 4.69) is 15.2 Å². The highest BCUT2D eigenvalue weighted by molar-refractivity contribution is 14.0. The van der Waals surface area contributed by atoms with Crippen molar-refractivity contribution in [3.63, 3.8) is 0 Å². The molecule has 10 heteroatoms. The van der Waals surface area contributed by atoms with Crippen LogP contribution in [0.5, 0.6) is 0 Å². The van der Waals surface area contributed by atoms with Crippen LogP contribution >= 0.6 is 24.0 Å². The van der Waals surface area contributed by atoms with Crippen LogP contribution in [-0.2, 0) is 26.0 Å². The molecule has 0 aliphatic carbocycles. The first-order chi connectivity index (χ1) is 14.0. The van der Waals surface area contributed by atoms with E-state index >= 15 is 0 Å². The standard InChI is InChI=1S/C20H32N4O4S.HI/c1-22-20(23-14-16-5-4-7-19(13-16)29(21,25)26)24-10-8-17(9-11-24)28-15-18-6-2-3-12-27-18;/h4-5,7,13,17-18H,2-3,6,8-12,14-15H2,1H3,(H,22,23)(H2,21,25,26);1H. The molecule has 0 spiro atoms. The summed E-state index contributed by atoms with van der Waals surface area (Å²) >= 11 is 0. The number of nitrogens with zero attached hydrogens (tertiary/aromatic N) is 2. The number of primary sulfonamides is 1. The molecule has 1 unspecified atom stereocenters. The van der Waals surface area contributed by atoms with Gasteiger partial charge in [-0.3, -0.25) is 4.99 Å². The third-order valence-corrected chi connectivity index (χ3v) is 6.33. The monoisotopic (exact) mass is 552 g/mol. The molecule has 2 saturated heterocycles. The Morgan fingerprint density at radius 3 is 2.70 bits per heavy atom. The Balaban J connectivity index is 0.00000320. The van der Waals surface area contributed by atoms with Crippen molar-refractivity contribution >= 4 is 40.0 Å². The molecule has 3 rings (SSSR count). The predicted octanol–water partition coefficient (Wildman–Crippen LogP) is 2.08. The third kappa shape index (κ3) is 7.63. The molecule has 0 amide bonds. The van der Waals surface area contributed by atoms with E-state index in [1.54, 1.807) is 19.2 Å². The number of hydrogen-bond acceptors (Lipinski definition) is 5. The van der Waals surface area contributed by atoms with Crippen molar-refractivity contribution in [1.82, 2.24) is 10.2 Å². The fourth-order valence-electron chi connectivity index (χ4n) is 3.76. The second-order valence-corrected chi connectivity index (χ2v) is 9.16. The van der Waals surface area contributed by atoms with Gasteiger partial charge in [0.2, 0.25) is 10.0 Å². The van der Waals surface area contributed by atoms with E-state index in [0.717, 1.165) is 56.9 Å². The normalized spacial score (nSPS) is 21.2. The zero-order chi connectivity index (χ0) is 20.7. The number of rotatable bonds is 6. The minimum absolute atomic E-state index is 0. The Morgan fingerprint density at radius 2 is 2.07 bits per heavy atom. The average molecular weight is 552 g/mol. The van der Waals surface area contributed by atoms with Crippen LogP contribution in [0, 0.1) is 0 Å². The SMILES string of the molecule is CN=C(NCc1cccc(S(N)(=O)=O)c1)N1CCC(OCC2CCCCO2)CC1.I. The fourth-order valence-corrected chi connectivity index (χ4v) is 4.35. The van der Waals surface area contributed by atoms with Crippen molar-refractivity contribution in [1.29, 1.82) is 0 Å². The van der Waals surface area contributed by atoms with Crippen LogP contribution in [0.2, 0.25) is 0 Å². The number of ether oxygens (including phenoxy) is 2. The molecule has 3 N–H and O–H groups in total. The van der Waals surface area contributed by atoms with Gasteiger partial charge in [0, 0.05) is 33.3 Å². The van der Waals surface area contributed by atoms with Gasteiger partial charge in [0.05, 0.1) is 23.7 Å². The number of likely N-dealkylation sites (tertiary alicyclic amines) is 1. The lowest BCUT2D eigenvalue weighted by Gasteiger charge is -2.35. The summed E-state index contributed by atoms with van der Waals surface area (Å²) in [6.07, 6.45) is 5.91. The molecule has 2 aliphatic heterocycles. The predicted molar refractivity (Wildman–Crippen MR) is 128 cm³/mol.